The van der Waals surface area contributed by atoms with Crippen molar-refractivity contribution >= 4 is 17.8 Å². The standard InChI is InChI=1S/C13H14N2O6/c1-21-9-4-2-3-7(11(9)17)12(18)15-6-10(16)14-5-8(15)13(19)20/h2-4,8,17H,5-6H2,1H3,(H,14,16)(H,19,20). The number of piperazine rings is 1. The molecule has 2 amide bonds. The molecular weight excluding hydrogens is 280 g/mol. The first kappa shape index (κ1) is 14.6. The summed E-state index contributed by atoms with van der Waals surface area (Å²) in [6, 6.07) is 3.11. The fraction of sp³-hybridized carbons (Fsp3) is 0.308. The second-order valence-electron chi connectivity index (χ2n) is 4.45. The Morgan fingerprint density at radius 1 is 1.43 bits per heavy atom. The van der Waals surface area contributed by atoms with Crippen molar-refractivity contribution in [1.82, 2.24) is 10.2 Å². The summed E-state index contributed by atoms with van der Waals surface area (Å²) in [4.78, 5) is 35.9. The summed E-state index contributed by atoms with van der Waals surface area (Å²) in [5.41, 5.74) is -0.115. The molecule has 1 aliphatic heterocycles. The van der Waals surface area contributed by atoms with Crippen LogP contribution in [0.2, 0.25) is 0 Å². The lowest BCUT2D eigenvalue weighted by Crippen LogP contribution is -2.59. The van der Waals surface area contributed by atoms with Crippen LogP contribution in [0.25, 0.3) is 0 Å². The smallest absolute Gasteiger partial charge is 0.328 e. The lowest BCUT2D eigenvalue weighted by atomic mass is 10.1. The van der Waals surface area contributed by atoms with Crippen molar-refractivity contribution in [2.75, 3.05) is 20.2 Å². The van der Waals surface area contributed by atoms with E-state index in [1.807, 2.05) is 0 Å². The van der Waals surface area contributed by atoms with Gasteiger partial charge in [0.05, 0.1) is 12.7 Å². The summed E-state index contributed by atoms with van der Waals surface area (Å²) in [6.45, 7) is -0.558. The maximum atomic E-state index is 12.4. The highest BCUT2D eigenvalue weighted by Crippen LogP contribution is 2.30. The van der Waals surface area contributed by atoms with Gasteiger partial charge in [0.25, 0.3) is 5.91 Å². The van der Waals surface area contributed by atoms with Gasteiger partial charge in [0, 0.05) is 6.54 Å². The van der Waals surface area contributed by atoms with E-state index in [9.17, 15) is 19.5 Å². The van der Waals surface area contributed by atoms with E-state index in [4.69, 9.17) is 9.84 Å². The number of carbonyl (C=O) groups is 3. The number of carboxylic acid groups (broad SMARTS) is 1. The molecule has 1 unspecified atom stereocenters. The average Bonchev–Trinajstić information content (AvgIpc) is 2.46. The summed E-state index contributed by atoms with van der Waals surface area (Å²) in [5, 5.41) is 21.5. The summed E-state index contributed by atoms with van der Waals surface area (Å²) in [6.07, 6.45) is 0. The predicted molar refractivity (Wildman–Crippen MR) is 70.1 cm³/mol. The number of methoxy groups -OCH3 is 1. The molecule has 0 spiro atoms. The largest absolute Gasteiger partial charge is 0.504 e. The minimum atomic E-state index is -1.23. The van der Waals surface area contributed by atoms with Crippen LogP contribution >= 0.6 is 0 Å². The molecule has 0 aliphatic carbocycles. The van der Waals surface area contributed by atoms with E-state index in [2.05, 4.69) is 5.32 Å². The summed E-state index contributed by atoms with van der Waals surface area (Å²) < 4.78 is 4.90. The van der Waals surface area contributed by atoms with Gasteiger partial charge < -0.3 is 25.2 Å². The maximum Gasteiger partial charge on any atom is 0.328 e. The minimum absolute atomic E-state index is 0.0918. The molecule has 0 radical (unpaired) electrons. The molecule has 112 valence electrons. The summed E-state index contributed by atoms with van der Waals surface area (Å²) in [7, 11) is 1.33. The molecule has 0 aromatic heterocycles. The van der Waals surface area contributed by atoms with Gasteiger partial charge in [-0.15, -0.1) is 0 Å². The first-order chi connectivity index (χ1) is 9.95. The normalized spacial score (nSPS) is 18.0. The molecule has 1 aromatic carbocycles. The Kier molecular flexibility index (Phi) is 3.97. The summed E-state index contributed by atoms with van der Waals surface area (Å²) >= 11 is 0. The molecule has 1 atom stereocenters. The van der Waals surface area contributed by atoms with E-state index in [0.717, 1.165) is 4.90 Å². The third-order valence-electron chi connectivity index (χ3n) is 3.18. The molecule has 0 bridgehead atoms. The number of hydrogen-bond acceptors (Lipinski definition) is 5. The van der Waals surface area contributed by atoms with Crippen molar-refractivity contribution in [3.63, 3.8) is 0 Å². The molecule has 1 aliphatic rings. The Balaban J connectivity index is 2.37. The first-order valence-corrected chi connectivity index (χ1v) is 6.12. The molecule has 8 heteroatoms. The second kappa shape index (κ2) is 5.70. The number of aromatic hydroxyl groups is 1. The van der Waals surface area contributed by atoms with Gasteiger partial charge in [-0.2, -0.15) is 0 Å². The Bertz CT molecular complexity index is 600. The van der Waals surface area contributed by atoms with E-state index < -0.39 is 23.8 Å². The molecule has 1 aromatic rings. The van der Waals surface area contributed by atoms with E-state index in [1.54, 1.807) is 0 Å². The van der Waals surface area contributed by atoms with Crippen LogP contribution < -0.4 is 10.1 Å². The number of hydrogen-bond donors (Lipinski definition) is 3. The zero-order valence-electron chi connectivity index (χ0n) is 11.2. The molecular formula is C13H14N2O6. The fourth-order valence-electron chi connectivity index (χ4n) is 2.09. The minimum Gasteiger partial charge on any atom is -0.504 e. The van der Waals surface area contributed by atoms with Crippen LogP contribution in [-0.4, -0.2) is 59.1 Å². The van der Waals surface area contributed by atoms with Crippen molar-refractivity contribution in [3.05, 3.63) is 23.8 Å². The molecule has 1 saturated heterocycles. The zero-order chi connectivity index (χ0) is 15.6. The second-order valence-corrected chi connectivity index (χ2v) is 4.45. The third-order valence-corrected chi connectivity index (χ3v) is 3.18. The topological polar surface area (TPSA) is 116 Å². The molecule has 21 heavy (non-hydrogen) atoms. The quantitative estimate of drug-likeness (QED) is 0.687. The lowest BCUT2D eigenvalue weighted by Gasteiger charge is -2.32. The number of nitrogens with one attached hydrogen (secondary N) is 1. The number of carbonyl (C=O) groups excluding carboxylic acids is 2. The highest BCUT2D eigenvalue weighted by atomic mass is 16.5. The van der Waals surface area contributed by atoms with Crippen molar-refractivity contribution in [3.8, 4) is 11.5 Å². The predicted octanol–water partition coefficient (Wildman–Crippen LogP) is -0.574. The van der Waals surface area contributed by atoms with Crippen molar-refractivity contribution in [2.24, 2.45) is 0 Å². The van der Waals surface area contributed by atoms with Crippen LogP contribution in [-0.2, 0) is 9.59 Å². The summed E-state index contributed by atoms with van der Waals surface area (Å²) in [5.74, 6) is -2.73. The van der Waals surface area contributed by atoms with Crippen LogP contribution in [0.3, 0.4) is 0 Å². The number of benzene rings is 1. The number of rotatable bonds is 3. The van der Waals surface area contributed by atoms with Crippen LogP contribution in [0.4, 0.5) is 0 Å². The lowest BCUT2D eigenvalue weighted by molar-refractivity contribution is -0.144. The highest BCUT2D eigenvalue weighted by Gasteiger charge is 2.36. The molecule has 8 nitrogen and oxygen atoms in total. The van der Waals surface area contributed by atoms with Gasteiger partial charge in [0.15, 0.2) is 11.5 Å². The van der Waals surface area contributed by atoms with Gasteiger partial charge in [0.1, 0.15) is 12.6 Å². The number of carboxylic acids is 1. The molecule has 3 N–H and O–H groups in total. The van der Waals surface area contributed by atoms with Gasteiger partial charge in [-0.05, 0) is 12.1 Å². The number of phenols is 1. The van der Waals surface area contributed by atoms with Gasteiger partial charge >= 0.3 is 5.97 Å². The van der Waals surface area contributed by atoms with Gasteiger partial charge in [-0.25, -0.2) is 4.79 Å². The maximum absolute atomic E-state index is 12.4. The molecule has 1 fully saturated rings. The van der Waals surface area contributed by atoms with E-state index in [0.29, 0.717) is 0 Å². The Morgan fingerprint density at radius 3 is 2.76 bits per heavy atom. The van der Waals surface area contributed by atoms with Crippen molar-refractivity contribution in [2.45, 2.75) is 6.04 Å². The molecule has 0 saturated carbocycles. The number of ether oxygens (including phenoxy) is 1. The molecule has 2 rings (SSSR count). The van der Waals surface area contributed by atoms with E-state index in [-0.39, 0.29) is 30.2 Å². The number of nitrogens with zero attached hydrogens (tertiary/aromatic N) is 1. The van der Waals surface area contributed by atoms with Gasteiger partial charge in [-0.1, -0.05) is 6.07 Å². The SMILES string of the molecule is COc1cccc(C(=O)N2CC(=O)NCC2C(=O)O)c1O. The fourth-order valence-corrected chi connectivity index (χ4v) is 2.09. The van der Waals surface area contributed by atoms with Gasteiger partial charge in [0.2, 0.25) is 5.91 Å². The molecule has 1 heterocycles. The van der Waals surface area contributed by atoms with Crippen LogP contribution in [0, 0.1) is 0 Å². The van der Waals surface area contributed by atoms with Crippen molar-refractivity contribution in [1.29, 1.82) is 0 Å². The number of amides is 2. The first-order valence-electron chi connectivity index (χ1n) is 6.12. The average molecular weight is 294 g/mol. The van der Waals surface area contributed by atoms with Crippen LogP contribution in [0.5, 0.6) is 11.5 Å². The van der Waals surface area contributed by atoms with E-state index in [1.165, 1.54) is 25.3 Å². The van der Waals surface area contributed by atoms with Crippen molar-refractivity contribution < 1.29 is 29.3 Å². The van der Waals surface area contributed by atoms with Gasteiger partial charge in [-0.3, -0.25) is 9.59 Å². The number of aliphatic carboxylic acids is 1. The monoisotopic (exact) mass is 294 g/mol. The Hall–Kier alpha value is -2.77. The number of phenolic OH excluding ortho intramolecular Hbond substituents is 1. The van der Waals surface area contributed by atoms with Crippen LogP contribution in [0.1, 0.15) is 10.4 Å². The van der Waals surface area contributed by atoms with E-state index >= 15 is 0 Å². The Morgan fingerprint density at radius 2 is 2.14 bits per heavy atom. The highest BCUT2D eigenvalue weighted by molar-refractivity contribution is 6.02. The Labute approximate surface area is 119 Å². The third kappa shape index (κ3) is 2.73. The number of para-hydroxylation sites is 1. The zero-order valence-corrected chi connectivity index (χ0v) is 11.2. The van der Waals surface area contributed by atoms with Crippen LogP contribution in [0.15, 0.2) is 18.2 Å².